The lowest BCUT2D eigenvalue weighted by atomic mass is 10.4. The molecule has 0 amide bonds. The minimum Gasteiger partial charge on any atom is -0.199 e. The fraction of sp³-hybridized carbons (Fsp3) is 0. The zero-order valence-electron chi connectivity index (χ0n) is 7.84. The van der Waals surface area contributed by atoms with Crippen LogP contribution in [0.4, 0.5) is 0 Å². The van der Waals surface area contributed by atoms with Crippen molar-refractivity contribution in [2.75, 3.05) is 0 Å². The van der Waals surface area contributed by atoms with Gasteiger partial charge in [0.2, 0.25) is 0 Å². The predicted octanol–water partition coefficient (Wildman–Crippen LogP) is 2.65. The maximum Gasteiger partial charge on any atom is 0.284 e. The molecule has 4 nitrogen and oxygen atoms in total. The molecule has 1 aromatic carbocycles. The largest absolute Gasteiger partial charge is 0.284 e. The van der Waals surface area contributed by atoms with Crippen molar-refractivity contribution in [2.24, 2.45) is 0 Å². The molecule has 0 atom stereocenters. The highest BCUT2D eigenvalue weighted by Crippen LogP contribution is 2.26. The van der Waals surface area contributed by atoms with Gasteiger partial charge in [-0.15, -0.1) is 0 Å². The van der Waals surface area contributed by atoms with E-state index in [1.165, 1.54) is 18.5 Å². The van der Waals surface area contributed by atoms with Gasteiger partial charge in [-0.1, -0.05) is 15.9 Å². The third kappa shape index (κ3) is 2.07. The van der Waals surface area contributed by atoms with Gasteiger partial charge in [0, 0.05) is 15.1 Å². The van der Waals surface area contributed by atoms with Crippen LogP contribution in [0.1, 0.15) is 0 Å². The van der Waals surface area contributed by atoms with Crippen molar-refractivity contribution in [2.45, 2.75) is 4.90 Å². The summed E-state index contributed by atoms with van der Waals surface area (Å²) in [6.45, 7) is 0. The quantitative estimate of drug-likeness (QED) is 0.822. The minimum absolute atomic E-state index is 0.172. The van der Waals surface area contributed by atoms with Crippen LogP contribution in [0.2, 0.25) is 0 Å². The van der Waals surface area contributed by atoms with Crippen LogP contribution in [0.15, 0.2) is 50.5 Å². The molecule has 0 aliphatic rings. The number of benzene rings is 1. The van der Waals surface area contributed by atoms with Gasteiger partial charge >= 0.3 is 0 Å². The van der Waals surface area contributed by atoms with E-state index in [4.69, 9.17) is 0 Å². The van der Waals surface area contributed by atoms with Crippen LogP contribution in [0.3, 0.4) is 0 Å². The SMILES string of the molecule is O=S(=O)(c1cc(Br)ccc1Br)n1cccn1. The van der Waals surface area contributed by atoms with Crippen molar-refractivity contribution in [1.29, 1.82) is 0 Å². The van der Waals surface area contributed by atoms with Crippen molar-refractivity contribution in [1.82, 2.24) is 9.19 Å². The second kappa shape index (κ2) is 4.31. The molecule has 0 aliphatic heterocycles. The van der Waals surface area contributed by atoms with Crippen molar-refractivity contribution in [3.05, 3.63) is 45.6 Å². The van der Waals surface area contributed by atoms with E-state index in [-0.39, 0.29) is 4.90 Å². The summed E-state index contributed by atoms with van der Waals surface area (Å²) in [5.74, 6) is 0. The molecule has 0 N–H and O–H groups in total. The van der Waals surface area contributed by atoms with E-state index in [2.05, 4.69) is 37.0 Å². The maximum absolute atomic E-state index is 12.1. The van der Waals surface area contributed by atoms with E-state index >= 15 is 0 Å². The Balaban J connectivity index is 2.65. The lowest BCUT2D eigenvalue weighted by Crippen LogP contribution is -2.13. The van der Waals surface area contributed by atoms with Gasteiger partial charge in [-0.3, -0.25) is 0 Å². The fourth-order valence-corrected chi connectivity index (χ4v) is 3.75. The monoisotopic (exact) mass is 364 g/mol. The zero-order chi connectivity index (χ0) is 11.8. The number of rotatable bonds is 2. The van der Waals surface area contributed by atoms with E-state index in [1.807, 2.05) is 0 Å². The number of aromatic nitrogens is 2. The molecule has 0 spiro atoms. The predicted molar refractivity (Wildman–Crippen MR) is 66.7 cm³/mol. The Morgan fingerprint density at radius 2 is 2.00 bits per heavy atom. The van der Waals surface area contributed by atoms with Crippen LogP contribution in [0.25, 0.3) is 0 Å². The van der Waals surface area contributed by atoms with Crippen LogP contribution >= 0.6 is 31.9 Å². The average Bonchev–Trinajstić information content (AvgIpc) is 2.75. The Bertz CT molecular complexity index is 608. The summed E-state index contributed by atoms with van der Waals surface area (Å²) in [6, 6.07) is 6.51. The number of nitrogens with zero attached hydrogens (tertiary/aromatic N) is 2. The first-order valence-corrected chi connectivity index (χ1v) is 7.25. The molecule has 0 bridgehead atoms. The number of halogens is 2. The van der Waals surface area contributed by atoms with Crippen LogP contribution in [-0.2, 0) is 10.0 Å². The molecule has 0 saturated heterocycles. The Hall–Kier alpha value is -0.660. The van der Waals surface area contributed by atoms with Crippen molar-refractivity contribution >= 4 is 41.9 Å². The molecule has 2 rings (SSSR count). The first kappa shape index (κ1) is 11.8. The summed E-state index contributed by atoms with van der Waals surface area (Å²) in [6.07, 6.45) is 2.81. The molecule has 2 aromatic rings. The molecule has 0 fully saturated rings. The number of hydrogen-bond acceptors (Lipinski definition) is 3. The molecule has 7 heteroatoms. The van der Waals surface area contributed by atoms with Gasteiger partial charge in [0.25, 0.3) is 10.0 Å². The zero-order valence-corrected chi connectivity index (χ0v) is 11.8. The van der Waals surface area contributed by atoms with Gasteiger partial charge in [-0.25, -0.2) is 0 Å². The molecule has 0 saturated carbocycles. The fourth-order valence-electron chi connectivity index (χ4n) is 1.17. The van der Waals surface area contributed by atoms with Gasteiger partial charge in [0.15, 0.2) is 0 Å². The summed E-state index contributed by atoms with van der Waals surface area (Å²) in [4.78, 5) is 0.172. The average molecular weight is 366 g/mol. The Morgan fingerprint density at radius 1 is 1.25 bits per heavy atom. The lowest BCUT2D eigenvalue weighted by Gasteiger charge is -2.06. The summed E-state index contributed by atoms with van der Waals surface area (Å²) < 4.78 is 26.4. The van der Waals surface area contributed by atoms with Gasteiger partial charge in [-0.2, -0.15) is 17.6 Å². The molecular formula is C9H6Br2N2O2S. The molecular weight excluding hydrogens is 360 g/mol. The first-order chi connectivity index (χ1) is 7.51. The second-order valence-electron chi connectivity index (χ2n) is 2.96. The second-order valence-corrected chi connectivity index (χ2v) is 6.49. The summed E-state index contributed by atoms with van der Waals surface area (Å²) in [5, 5.41) is 3.73. The highest BCUT2D eigenvalue weighted by molar-refractivity contribution is 9.11. The van der Waals surface area contributed by atoms with Gasteiger partial charge < -0.3 is 0 Å². The van der Waals surface area contributed by atoms with Gasteiger partial charge in [0.05, 0.1) is 6.20 Å². The molecule has 0 aliphatic carbocycles. The van der Waals surface area contributed by atoms with E-state index in [0.29, 0.717) is 8.95 Å². The van der Waals surface area contributed by atoms with Crippen molar-refractivity contribution in [3.8, 4) is 0 Å². The number of hydrogen-bond donors (Lipinski definition) is 0. The molecule has 1 heterocycles. The normalized spacial score (nSPS) is 11.6. The molecule has 0 radical (unpaired) electrons. The van der Waals surface area contributed by atoms with Crippen molar-refractivity contribution in [3.63, 3.8) is 0 Å². The molecule has 84 valence electrons. The van der Waals surface area contributed by atoms with Gasteiger partial charge in [0.1, 0.15) is 4.90 Å². The van der Waals surface area contributed by atoms with Gasteiger partial charge in [-0.05, 0) is 40.2 Å². The van der Waals surface area contributed by atoms with E-state index < -0.39 is 10.0 Å². The standard InChI is InChI=1S/C9H6Br2N2O2S/c10-7-2-3-8(11)9(6-7)16(14,15)13-5-1-4-12-13/h1-6H. The summed E-state index contributed by atoms with van der Waals surface area (Å²) in [7, 11) is -3.62. The van der Waals surface area contributed by atoms with Crippen LogP contribution in [-0.4, -0.2) is 17.6 Å². The summed E-state index contributed by atoms with van der Waals surface area (Å²) >= 11 is 6.45. The molecule has 0 unspecified atom stereocenters. The van der Waals surface area contributed by atoms with Crippen LogP contribution < -0.4 is 0 Å². The Kier molecular flexibility index (Phi) is 3.18. The topological polar surface area (TPSA) is 52.0 Å². The van der Waals surface area contributed by atoms with E-state index in [1.54, 1.807) is 18.2 Å². The first-order valence-electron chi connectivity index (χ1n) is 4.22. The minimum atomic E-state index is -3.62. The third-order valence-electron chi connectivity index (χ3n) is 1.90. The van der Waals surface area contributed by atoms with Crippen molar-refractivity contribution < 1.29 is 8.42 Å². The van der Waals surface area contributed by atoms with E-state index in [9.17, 15) is 8.42 Å². The summed E-state index contributed by atoms with van der Waals surface area (Å²) in [5.41, 5.74) is 0. The molecule has 1 aromatic heterocycles. The lowest BCUT2D eigenvalue weighted by molar-refractivity contribution is 0.579. The maximum atomic E-state index is 12.1. The van der Waals surface area contributed by atoms with Crippen LogP contribution in [0.5, 0.6) is 0 Å². The Morgan fingerprint density at radius 3 is 2.62 bits per heavy atom. The smallest absolute Gasteiger partial charge is 0.199 e. The highest BCUT2D eigenvalue weighted by Gasteiger charge is 2.20. The van der Waals surface area contributed by atoms with E-state index in [0.717, 1.165) is 4.09 Å². The highest BCUT2D eigenvalue weighted by atomic mass is 79.9. The van der Waals surface area contributed by atoms with Crippen LogP contribution in [0, 0.1) is 0 Å². The Labute approximate surface area is 110 Å². The molecule has 16 heavy (non-hydrogen) atoms. The third-order valence-corrected chi connectivity index (χ3v) is 4.95.